The Morgan fingerprint density at radius 2 is 1.48 bits per heavy atom. The third-order valence-electron chi connectivity index (χ3n) is 3.70. The summed E-state index contributed by atoms with van der Waals surface area (Å²) in [5, 5.41) is 11.9. The number of nitrogens with one attached hydrogen (secondary N) is 1. The molecule has 0 radical (unpaired) electrons. The molecule has 1 amide bonds. The summed E-state index contributed by atoms with van der Waals surface area (Å²) in [5.41, 5.74) is -1.54. The van der Waals surface area contributed by atoms with Gasteiger partial charge in [0.15, 0.2) is 0 Å². The molecule has 7 heteroatoms. The molecular formula is C18H33NO6. The van der Waals surface area contributed by atoms with E-state index in [4.69, 9.17) is 9.47 Å². The van der Waals surface area contributed by atoms with Crippen LogP contribution >= 0.6 is 0 Å². The molecule has 2 N–H and O–H groups in total. The Morgan fingerprint density at radius 1 is 0.960 bits per heavy atom. The number of carbonyl (C=O) groups excluding carboxylic acids is 2. The third kappa shape index (κ3) is 8.74. The summed E-state index contributed by atoms with van der Waals surface area (Å²) in [6.07, 6.45) is -1.14. The van der Waals surface area contributed by atoms with E-state index in [1.165, 1.54) is 6.92 Å². The summed E-state index contributed by atoms with van der Waals surface area (Å²) in [6.45, 7) is 14.2. The van der Waals surface area contributed by atoms with Crippen LogP contribution in [0.2, 0.25) is 0 Å². The first-order chi connectivity index (χ1) is 11.2. The van der Waals surface area contributed by atoms with E-state index in [2.05, 4.69) is 5.32 Å². The van der Waals surface area contributed by atoms with E-state index in [1.54, 1.807) is 27.7 Å². The second-order valence-corrected chi connectivity index (χ2v) is 8.43. The number of ether oxygens (including phenoxy) is 2. The third-order valence-corrected chi connectivity index (χ3v) is 3.70. The van der Waals surface area contributed by atoms with Crippen LogP contribution in [0.25, 0.3) is 0 Å². The molecule has 0 bridgehead atoms. The Hall–Kier alpha value is -1.79. The van der Waals surface area contributed by atoms with E-state index < -0.39 is 29.9 Å². The summed E-state index contributed by atoms with van der Waals surface area (Å²) in [5.74, 6) is -2.25. The van der Waals surface area contributed by atoms with E-state index >= 15 is 0 Å². The van der Waals surface area contributed by atoms with Gasteiger partial charge in [0, 0.05) is 5.92 Å². The molecule has 7 nitrogen and oxygen atoms in total. The number of carbonyl (C=O) groups is 3. The van der Waals surface area contributed by atoms with Gasteiger partial charge in [-0.3, -0.25) is 4.79 Å². The van der Waals surface area contributed by atoms with Gasteiger partial charge in [0.1, 0.15) is 5.54 Å². The fourth-order valence-corrected chi connectivity index (χ4v) is 1.75. The van der Waals surface area contributed by atoms with Gasteiger partial charge in [-0.2, -0.15) is 0 Å². The van der Waals surface area contributed by atoms with Crippen LogP contribution < -0.4 is 5.32 Å². The Labute approximate surface area is 150 Å². The molecule has 0 rings (SSSR count). The number of aliphatic carboxylic acids is 1. The highest BCUT2D eigenvalue weighted by Gasteiger charge is 2.37. The zero-order chi connectivity index (χ0) is 20.0. The quantitative estimate of drug-likeness (QED) is 0.507. The number of amides is 1. The molecule has 0 aromatic rings. The average molecular weight is 359 g/mol. The predicted octanol–water partition coefficient (Wildman–Crippen LogP) is 3.56. The van der Waals surface area contributed by atoms with Gasteiger partial charge >= 0.3 is 18.0 Å². The van der Waals surface area contributed by atoms with Crippen LogP contribution in [0.15, 0.2) is 0 Å². The number of esters is 1. The van der Waals surface area contributed by atoms with Crippen molar-refractivity contribution in [3.8, 4) is 0 Å². The molecule has 0 aliphatic carbocycles. The number of hydrogen-bond acceptors (Lipinski definition) is 5. The highest BCUT2D eigenvalue weighted by molar-refractivity contribution is 5.84. The molecule has 146 valence electrons. The van der Waals surface area contributed by atoms with E-state index in [-0.39, 0.29) is 23.7 Å². The topological polar surface area (TPSA) is 102 Å². The van der Waals surface area contributed by atoms with Crippen molar-refractivity contribution in [1.82, 2.24) is 5.32 Å². The summed E-state index contributed by atoms with van der Waals surface area (Å²) in [6, 6.07) is 0. The van der Waals surface area contributed by atoms with Crippen molar-refractivity contribution in [3.63, 3.8) is 0 Å². The van der Waals surface area contributed by atoms with Gasteiger partial charge in [0.25, 0.3) is 6.29 Å². The highest BCUT2D eigenvalue weighted by Crippen LogP contribution is 2.26. The predicted molar refractivity (Wildman–Crippen MR) is 93.9 cm³/mol. The minimum atomic E-state index is -1.46. The van der Waals surface area contributed by atoms with E-state index in [0.717, 1.165) is 0 Å². The maximum absolute atomic E-state index is 12.2. The number of hydrogen-bond donors (Lipinski definition) is 2. The van der Waals surface area contributed by atoms with Gasteiger partial charge in [-0.25, -0.2) is 9.59 Å². The van der Waals surface area contributed by atoms with Crippen LogP contribution in [-0.2, 0) is 19.1 Å². The van der Waals surface area contributed by atoms with Gasteiger partial charge < -0.3 is 19.9 Å². The lowest BCUT2D eigenvalue weighted by molar-refractivity contribution is -0.179. The van der Waals surface area contributed by atoms with Crippen LogP contribution in [-0.4, -0.2) is 35.0 Å². The standard InChI is InChI=1S/C18H33NO6/c1-11(2)13(20)24-14(12(3)4)25-16(23)19-18(8,15(21)22)10-9-17(5,6)7/h11-12,14H,9-10H2,1-8H3,(H,19,23)(H,21,22)/t14-,18-/m0/s1. The maximum Gasteiger partial charge on any atom is 0.411 e. The first-order valence-electron chi connectivity index (χ1n) is 8.60. The van der Waals surface area contributed by atoms with Crippen molar-refractivity contribution < 1.29 is 29.0 Å². The lowest BCUT2D eigenvalue weighted by Gasteiger charge is -2.30. The summed E-state index contributed by atoms with van der Waals surface area (Å²) in [4.78, 5) is 35.5. The molecule has 0 saturated heterocycles. The number of carboxylic acids is 1. The van der Waals surface area contributed by atoms with Crippen LogP contribution in [0.5, 0.6) is 0 Å². The average Bonchev–Trinajstić information content (AvgIpc) is 2.43. The van der Waals surface area contributed by atoms with E-state index in [1.807, 2.05) is 20.8 Å². The van der Waals surface area contributed by atoms with Crippen molar-refractivity contribution in [2.45, 2.75) is 80.1 Å². The van der Waals surface area contributed by atoms with Crippen molar-refractivity contribution >= 4 is 18.0 Å². The molecule has 0 aromatic heterocycles. The summed E-state index contributed by atoms with van der Waals surface area (Å²) < 4.78 is 10.3. The molecule has 0 saturated carbocycles. The smallest absolute Gasteiger partial charge is 0.411 e. The summed E-state index contributed by atoms with van der Waals surface area (Å²) >= 11 is 0. The van der Waals surface area contributed by atoms with Crippen LogP contribution in [0.3, 0.4) is 0 Å². The zero-order valence-corrected chi connectivity index (χ0v) is 16.6. The zero-order valence-electron chi connectivity index (χ0n) is 16.6. The van der Waals surface area contributed by atoms with Crippen LogP contribution in [0.1, 0.15) is 68.2 Å². The Bertz CT molecular complexity index is 480. The second-order valence-electron chi connectivity index (χ2n) is 8.43. The van der Waals surface area contributed by atoms with Gasteiger partial charge in [0.05, 0.1) is 5.92 Å². The molecule has 0 fully saturated rings. The first-order valence-corrected chi connectivity index (χ1v) is 8.60. The molecule has 2 atom stereocenters. The molecule has 0 heterocycles. The molecule has 0 aromatic carbocycles. The molecule has 25 heavy (non-hydrogen) atoms. The Kier molecular flexibility index (Phi) is 8.41. The molecule has 0 unspecified atom stereocenters. The van der Waals surface area contributed by atoms with Gasteiger partial charge in [-0.15, -0.1) is 0 Å². The normalized spacial score (nSPS) is 15.4. The Balaban J connectivity index is 4.98. The minimum absolute atomic E-state index is 0.0739. The van der Waals surface area contributed by atoms with Crippen molar-refractivity contribution in [2.75, 3.05) is 0 Å². The highest BCUT2D eigenvalue weighted by atomic mass is 16.7. The second kappa shape index (κ2) is 9.06. The van der Waals surface area contributed by atoms with Crippen molar-refractivity contribution in [1.29, 1.82) is 0 Å². The molecule has 0 aliphatic rings. The lowest BCUT2D eigenvalue weighted by atomic mass is 9.84. The number of carboxylic acid groups (broad SMARTS) is 1. The maximum atomic E-state index is 12.2. The van der Waals surface area contributed by atoms with Gasteiger partial charge in [0.2, 0.25) is 0 Å². The lowest BCUT2D eigenvalue weighted by Crippen LogP contribution is -2.53. The fourth-order valence-electron chi connectivity index (χ4n) is 1.75. The van der Waals surface area contributed by atoms with Crippen LogP contribution in [0, 0.1) is 17.3 Å². The Morgan fingerprint density at radius 3 is 1.84 bits per heavy atom. The largest absolute Gasteiger partial charge is 0.480 e. The molecule has 0 aliphatic heterocycles. The summed E-state index contributed by atoms with van der Waals surface area (Å²) in [7, 11) is 0. The van der Waals surface area contributed by atoms with E-state index in [9.17, 15) is 19.5 Å². The minimum Gasteiger partial charge on any atom is -0.480 e. The molecule has 0 spiro atoms. The van der Waals surface area contributed by atoms with Crippen molar-refractivity contribution in [3.05, 3.63) is 0 Å². The van der Waals surface area contributed by atoms with Crippen LogP contribution in [0.4, 0.5) is 4.79 Å². The van der Waals surface area contributed by atoms with Crippen molar-refractivity contribution in [2.24, 2.45) is 17.3 Å². The van der Waals surface area contributed by atoms with Gasteiger partial charge in [-0.05, 0) is 25.2 Å². The number of rotatable bonds is 8. The SMILES string of the molecule is CC(C)C(=O)O[C@@H](OC(=O)N[C@@](C)(CCC(C)(C)C)C(=O)O)C(C)C. The molecular weight excluding hydrogens is 326 g/mol. The van der Waals surface area contributed by atoms with Gasteiger partial charge in [-0.1, -0.05) is 48.5 Å². The number of alkyl carbamates (subject to hydrolysis) is 1. The monoisotopic (exact) mass is 359 g/mol. The van der Waals surface area contributed by atoms with E-state index in [0.29, 0.717) is 6.42 Å². The first kappa shape index (κ1) is 23.2. The fraction of sp³-hybridized carbons (Fsp3) is 0.833.